The summed E-state index contributed by atoms with van der Waals surface area (Å²) in [6.07, 6.45) is 42.5. The van der Waals surface area contributed by atoms with Gasteiger partial charge in [0.15, 0.2) is 0 Å². The standard InChI is InChI=1S/C38H68NO6P/c1-3-5-7-9-11-13-15-17-19-21-23-25-27-29-31-33-37(40)39(35-36-45-46(42,43)44)38(41)34-32-30-28-26-24-22-20-18-16-14-12-10-8-6-4-2/h11-14,17-20H,3-10,15-16,21-36H2,1-2H3,(H2,42,43,44)/b13-11-,14-12-,19-17-,20-18-. The van der Waals surface area contributed by atoms with Gasteiger partial charge in [0.1, 0.15) is 0 Å². The van der Waals surface area contributed by atoms with Crippen LogP contribution in [-0.2, 0) is 18.7 Å². The van der Waals surface area contributed by atoms with E-state index < -0.39 is 7.82 Å². The third-order valence-corrected chi connectivity index (χ3v) is 8.38. The molecule has 2 N–H and O–H groups in total. The van der Waals surface area contributed by atoms with E-state index in [0.29, 0.717) is 12.8 Å². The first-order chi connectivity index (χ1) is 22.3. The van der Waals surface area contributed by atoms with Gasteiger partial charge in [-0.1, -0.05) is 127 Å². The third kappa shape index (κ3) is 32.2. The van der Waals surface area contributed by atoms with Crippen LogP contribution in [0.15, 0.2) is 48.6 Å². The molecule has 0 bridgehead atoms. The van der Waals surface area contributed by atoms with Crippen LogP contribution in [-0.4, -0.2) is 39.7 Å². The summed E-state index contributed by atoms with van der Waals surface area (Å²) in [6.45, 7) is 3.94. The van der Waals surface area contributed by atoms with Crippen molar-refractivity contribution in [3.05, 3.63) is 48.6 Å². The Morgan fingerprint density at radius 3 is 1.26 bits per heavy atom. The summed E-state index contributed by atoms with van der Waals surface area (Å²) in [7, 11) is -4.66. The van der Waals surface area contributed by atoms with Gasteiger partial charge in [-0.05, 0) is 77.0 Å². The summed E-state index contributed by atoms with van der Waals surface area (Å²) >= 11 is 0. The lowest BCUT2D eigenvalue weighted by atomic mass is 10.1. The molecule has 0 aromatic carbocycles. The van der Waals surface area contributed by atoms with Gasteiger partial charge in [0.05, 0.1) is 13.2 Å². The Morgan fingerprint density at radius 1 is 0.543 bits per heavy atom. The number of imide groups is 1. The lowest BCUT2D eigenvalue weighted by Gasteiger charge is -2.21. The molecule has 0 aromatic rings. The Bertz CT molecular complexity index is 834. The van der Waals surface area contributed by atoms with Crippen LogP contribution in [0.4, 0.5) is 0 Å². The van der Waals surface area contributed by atoms with E-state index in [1.54, 1.807) is 0 Å². The first-order valence-electron chi connectivity index (χ1n) is 18.4. The first-order valence-corrected chi connectivity index (χ1v) is 20.0. The minimum Gasteiger partial charge on any atom is -0.303 e. The molecule has 0 saturated heterocycles. The number of amides is 2. The van der Waals surface area contributed by atoms with Crippen molar-refractivity contribution >= 4 is 19.6 Å². The summed E-state index contributed by atoms with van der Waals surface area (Å²) in [5.41, 5.74) is 0. The summed E-state index contributed by atoms with van der Waals surface area (Å²) in [5.74, 6) is -0.569. The number of phosphoric acid groups is 1. The predicted molar refractivity (Wildman–Crippen MR) is 193 cm³/mol. The maximum atomic E-state index is 12.9. The van der Waals surface area contributed by atoms with Gasteiger partial charge in [0.25, 0.3) is 0 Å². The second kappa shape index (κ2) is 33.1. The topological polar surface area (TPSA) is 104 Å². The molecule has 0 aliphatic heterocycles. The molecule has 0 fully saturated rings. The highest BCUT2D eigenvalue weighted by Crippen LogP contribution is 2.35. The summed E-state index contributed by atoms with van der Waals surface area (Å²) < 4.78 is 15.6. The Balaban J connectivity index is 4.18. The van der Waals surface area contributed by atoms with Gasteiger partial charge >= 0.3 is 7.82 Å². The zero-order valence-electron chi connectivity index (χ0n) is 29.4. The van der Waals surface area contributed by atoms with Gasteiger partial charge in [0, 0.05) is 12.8 Å². The van der Waals surface area contributed by atoms with Crippen molar-refractivity contribution in [1.29, 1.82) is 0 Å². The van der Waals surface area contributed by atoms with Crippen LogP contribution < -0.4 is 0 Å². The molecule has 266 valence electrons. The van der Waals surface area contributed by atoms with Crippen LogP contribution in [0.2, 0.25) is 0 Å². The molecular weight excluding hydrogens is 597 g/mol. The van der Waals surface area contributed by atoms with Crippen LogP contribution in [0.3, 0.4) is 0 Å². The average Bonchev–Trinajstić information content (AvgIpc) is 3.02. The molecule has 46 heavy (non-hydrogen) atoms. The lowest BCUT2D eigenvalue weighted by molar-refractivity contribution is -0.145. The zero-order valence-corrected chi connectivity index (χ0v) is 30.3. The lowest BCUT2D eigenvalue weighted by Crippen LogP contribution is -2.39. The number of carbonyl (C=O) groups excluding carboxylic acids is 2. The van der Waals surface area contributed by atoms with Gasteiger partial charge < -0.3 is 9.79 Å². The van der Waals surface area contributed by atoms with Gasteiger partial charge in [-0.3, -0.25) is 19.0 Å². The van der Waals surface area contributed by atoms with Gasteiger partial charge in [-0.15, -0.1) is 0 Å². The molecule has 2 amide bonds. The fourth-order valence-corrected chi connectivity index (χ4v) is 5.40. The molecule has 0 rings (SSSR count). The highest BCUT2D eigenvalue weighted by atomic mass is 31.2. The molecule has 0 heterocycles. The predicted octanol–water partition coefficient (Wildman–Crippen LogP) is 11.1. The smallest absolute Gasteiger partial charge is 0.303 e. The molecule has 0 aliphatic rings. The summed E-state index contributed by atoms with van der Waals surface area (Å²) in [5, 5.41) is 0. The van der Waals surface area contributed by atoms with Crippen molar-refractivity contribution in [2.24, 2.45) is 0 Å². The van der Waals surface area contributed by atoms with Crippen LogP contribution in [0.1, 0.15) is 168 Å². The number of phosphoric ester groups is 1. The molecule has 7 nitrogen and oxygen atoms in total. The number of nitrogens with zero attached hydrogens (tertiary/aromatic N) is 1. The van der Waals surface area contributed by atoms with E-state index in [4.69, 9.17) is 9.79 Å². The van der Waals surface area contributed by atoms with Crippen LogP contribution in [0.5, 0.6) is 0 Å². The number of hydrogen-bond donors (Lipinski definition) is 2. The number of rotatable bonds is 32. The van der Waals surface area contributed by atoms with Crippen molar-refractivity contribution < 1.29 is 28.5 Å². The quantitative estimate of drug-likeness (QED) is 0.0421. The van der Waals surface area contributed by atoms with Crippen molar-refractivity contribution in [2.45, 2.75) is 168 Å². The fraction of sp³-hybridized carbons (Fsp3) is 0.737. The molecule has 0 radical (unpaired) electrons. The minimum absolute atomic E-state index is 0.136. The molecular formula is C38H68NO6P. The molecule has 0 unspecified atom stereocenters. The largest absolute Gasteiger partial charge is 0.469 e. The van der Waals surface area contributed by atoms with E-state index in [0.717, 1.165) is 81.9 Å². The monoisotopic (exact) mass is 665 g/mol. The maximum Gasteiger partial charge on any atom is 0.469 e. The van der Waals surface area contributed by atoms with Crippen molar-refractivity contribution in [1.82, 2.24) is 4.90 Å². The molecule has 0 aromatic heterocycles. The van der Waals surface area contributed by atoms with E-state index in [-0.39, 0.29) is 37.8 Å². The maximum absolute atomic E-state index is 12.9. The van der Waals surface area contributed by atoms with Crippen LogP contribution in [0, 0.1) is 0 Å². The highest BCUT2D eigenvalue weighted by Gasteiger charge is 2.22. The Hall–Kier alpha value is -1.79. The number of hydrogen-bond acceptors (Lipinski definition) is 4. The second-order valence-electron chi connectivity index (χ2n) is 12.2. The second-order valence-corrected chi connectivity index (χ2v) is 13.5. The molecule has 0 saturated carbocycles. The summed E-state index contributed by atoms with van der Waals surface area (Å²) in [6, 6.07) is 0. The van der Waals surface area contributed by atoms with Gasteiger partial charge in [0.2, 0.25) is 11.8 Å². The molecule has 8 heteroatoms. The summed E-state index contributed by atoms with van der Waals surface area (Å²) in [4.78, 5) is 44.9. The SMILES string of the molecule is CCCCC/C=C\C/C=C\CCCCCCCC(=O)N(CCOP(=O)(O)O)C(=O)CCCCCCC/C=C\C/C=C\CCCCC. The zero-order chi connectivity index (χ0) is 34.0. The minimum atomic E-state index is -4.66. The van der Waals surface area contributed by atoms with Crippen molar-refractivity contribution in [3.8, 4) is 0 Å². The third-order valence-electron chi connectivity index (χ3n) is 7.86. The highest BCUT2D eigenvalue weighted by molar-refractivity contribution is 7.46. The Labute approximate surface area is 282 Å². The van der Waals surface area contributed by atoms with E-state index in [2.05, 4.69) is 67.0 Å². The molecule has 0 atom stereocenters. The van der Waals surface area contributed by atoms with Crippen LogP contribution in [0.25, 0.3) is 0 Å². The van der Waals surface area contributed by atoms with Crippen molar-refractivity contribution in [3.63, 3.8) is 0 Å². The van der Waals surface area contributed by atoms with E-state index in [1.807, 2.05) is 0 Å². The Morgan fingerprint density at radius 2 is 0.891 bits per heavy atom. The van der Waals surface area contributed by atoms with Crippen LogP contribution >= 0.6 is 7.82 Å². The van der Waals surface area contributed by atoms with Crippen molar-refractivity contribution in [2.75, 3.05) is 13.2 Å². The van der Waals surface area contributed by atoms with E-state index in [1.165, 1.54) is 51.4 Å². The van der Waals surface area contributed by atoms with Gasteiger partial charge in [-0.25, -0.2) is 4.57 Å². The van der Waals surface area contributed by atoms with E-state index >= 15 is 0 Å². The molecule has 0 aliphatic carbocycles. The number of carbonyl (C=O) groups is 2. The van der Waals surface area contributed by atoms with Gasteiger partial charge in [-0.2, -0.15) is 0 Å². The normalized spacial score (nSPS) is 12.4. The van der Waals surface area contributed by atoms with E-state index in [9.17, 15) is 14.2 Å². The number of unbranched alkanes of at least 4 members (excludes halogenated alkanes) is 16. The first kappa shape index (κ1) is 44.2. The number of allylic oxidation sites excluding steroid dienone is 8. The fourth-order valence-electron chi connectivity index (χ4n) is 5.08. The average molecular weight is 666 g/mol. The Kier molecular flexibility index (Phi) is 31.8. The molecule has 0 spiro atoms.